The van der Waals surface area contributed by atoms with Crippen LogP contribution in [0.1, 0.15) is 6.92 Å². The molecule has 1 N–H and O–H groups in total. The minimum atomic E-state index is -0.613. The van der Waals surface area contributed by atoms with Crippen molar-refractivity contribution in [1.82, 2.24) is 0 Å². The number of alkyl halides is 1. The zero-order chi connectivity index (χ0) is 7.98. The van der Waals surface area contributed by atoms with Crippen LogP contribution in [0.5, 0.6) is 0 Å². The van der Waals surface area contributed by atoms with Gasteiger partial charge in [0, 0.05) is 0 Å². The number of aliphatic hydroxyl groups excluding tert-OH is 1. The first-order chi connectivity index (χ1) is 4.70. The Labute approximate surface area is 66.1 Å². The molecule has 0 saturated carbocycles. The third-order valence-corrected chi connectivity index (χ3v) is 1.31. The van der Waals surface area contributed by atoms with Gasteiger partial charge in [0.25, 0.3) is 0 Å². The second-order valence-corrected chi connectivity index (χ2v) is 2.26. The number of terminal acetylenes is 1. The molecule has 2 nitrogen and oxygen atoms in total. The summed E-state index contributed by atoms with van der Waals surface area (Å²) >= 11 is 5.30. The zero-order valence-electron chi connectivity index (χ0n) is 5.88. The van der Waals surface area contributed by atoms with E-state index in [0.29, 0.717) is 0 Å². The van der Waals surface area contributed by atoms with Crippen molar-refractivity contribution >= 4 is 11.6 Å². The van der Waals surface area contributed by atoms with Crippen molar-refractivity contribution < 1.29 is 9.84 Å². The van der Waals surface area contributed by atoms with Crippen molar-refractivity contribution in [2.45, 2.75) is 19.1 Å². The minimum Gasteiger partial charge on any atom is -0.389 e. The fourth-order valence-corrected chi connectivity index (χ4v) is 0.437. The highest BCUT2D eigenvalue weighted by molar-refractivity contribution is 6.18. The van der Waals surface area contributed by atoms with E-state index >= 15 is 0 Å². The number of ether oxygens (including phenoxy) is 1. The summed E-state index contributed by atoms with van der Waals surface area (Å²) in [7, 11) is 0. The number of hydrogen-bond donors (Lipinski definition) is 1. The molecule has 0 radical (unpaired) electrons. The normalized spacial score (nSPS) is 15.8. The van der Waals surface area contributed by atoms with Gasteiger partial charge in [0.05, 0.1) is 18.6 Å². The lowest BCUT2D eigenvalue weighted by Crippen LogP contribution is -2.20. The van der Waals surface area contributed by atoms with Crippen molar-refractivity contribution in [1.29, 1.82) is 0 Å². The molecule has 3 heteroatoms. The Hall–Kier alpha value is -0.230. The molecule has 0 saturated heterocycles. The predicted molar refractivity (Wildman–Crippen MR) is 41.0 cm³/mol. The predicted octanol–water partition coefficient (Wildman–Crippen LogP) is 0.624. The minimum absolute atomic E-state index is 0.178. The highest BCUT2D eigenvalue weighted by Gasteiger charge is 2.03. The summed E-state index contributed by atoms with van der Waals surface area (Å²) in [4.78, 5) is 0. The van der Waals surface area contributed by atoms with E-state index in [1.165, 1.54) is 0 Å². The lowest BCUT2D eigenvalue weighted by molar-refractivity contribution is 0.0297. The number of hydrogen-bond acceptors (Lipinski definition) is 2. The molecule has 0 bridgehead atoms. The molecule has 2 atom stereocenters. The van der Waals surface area contributed by atoms with Crippen molar-refractivity contribution in [2.24, 2.45) is 0 Å². The summed E-state index contributed by atoms with van der Waals surface area (Å²) in [5, 5.41) is 8.88. The van der Waals surface area contributed by atoms with Gasteiger partial charge in [-0.05, 0) is 6.92 Å². The fraction of sp³-hybridized carbons (Fsp3) is 0.714. The Bertz CT molecular complexity index is 119. The molecule has 0 amide bonds. The molecule has 0 rings (SSSR count). The molecular weight excluding hydrogens is 152 g/mol. The second-order valence-electron chi connectivity index (χ2n) is 1.95. The molecule has 10 heavy (non-hydrogen) atoms. The SMILES string of the molecule is C#C[C@@H](C)OC[C@@H](O)CCl. The van der Waals surface area contributed by atoms with Gasteiger partial charge in [-0.15, -0.1) is 18.0 Å². The summed E-state index contributed by atoms with van der Waals surface area (Å²) < 4.78 is 4.97. The maximum absolute atomic E-state index is 8.88. The quantitative estimate of drug-likeness (QED) is 0.485. The molecule has 0 aliphatic rings. The first-order valence-electron chi connectivity index (χ1n) is 3.02. The Morgan fingerprint density at radius 1 is 1.80 bits per heavy atom. The highest BCUT2D eigenvalue weighted by Crippen LogP contribution is 1.93. The van der Waals surface area contributed by atoms with Crippen LogP contribution in [-0.4, -0.2) is 29.8 Å². The van der Waals surface area contributed by atoms with Crippen LogP contribution in [0.15, 0.2) is 0 Å². The molecule has 0 spiro atoms. The van der Waals surface area contributed by atoms with Gasteiger partial charge in [-0.2, -0.15) is 0 Å². The van der Waals surface area contributed by atoms with Crippen LogP contribution in [0, 0.1) is 12.3 Å². The molecular formula is C7H11ClO2. The Morgan fingerprint density at radius 3 is 2.80 bits per heavy atom. The fourth-order valence-electron chi connectivity index (χ4n) is 0.348. The lowest BCUT2D eigenvalue weighted by Gasteiger charge is -2.09. The molecule has 0 aromatic rings. The number of halogens is 1. The van der Waals surface area contributed by atoms with Crippen LogP contribution in [0.25, 0.3) is 0 Å². The van der Waals surface area contributed by atoms with Gasteiger partial charge in [0.2, 0.25) is 0 Å². The smallest absolute Gasteiger partial charge is 0.115 e. The van der Waals surface area contributed by atoms with Gasteiger partial charge < -0.3 is 9.84 Å². The van der Waals surface area contributed by atoms with Gasteiger partial charge >= 0.3 is 0 Å². The number of rotatable bonds is 4. The number of aliphatic hydroxyl groups is 1. The van der Waals surface area contributed by atoms with Crippen molar-refractivity contribution in [3.8, 4) is 12.3 Å². The summed E-state index contributed by atoms with van der Waals surface area (Å²) in [5.74, 6) is 2.55. The van der Waals surface area contributed by atoms with Crippen LogP contribution in [0.4, 0.5) is 0 Å². The van der Waals surface area contributed by atoms with Gasteiger partial charge in [-0.25, -0.2) is 0 Å². The van der Waals surface area contributed by atoms with Crippen molar-refractivity contribution in [2.75, 3.05) is 12.5 Å². The van der Waals surface area contributed by atoms with Crippen molar-refractivity contribution in [3.05, 3.63) is 0 Å². The van der Waals surface area contributed by atoms with E-state index < -0.39 is 6.10 Å². The Kier molecular flexibility index (Phi) is 5.42. The molecule has 0 aromatic heterocycles. The van der Waals surface area contributed by atoms with Gasteiger partial charge in [-0.3, -0.25) is 0 Å². The Morgan fingerprint density at radius 2 is 2.40 bits per heavy atom. The van der Waals surface area contributed by atoms with E-state index in [4.69, 9.17) is 27.9 Å². The van der Waals surface area contributed by atoms with Gasteiger partial charge in [0.15, 0.2) is 0 Å². The molecule has 58 valence electrons. The third-order valence-electron chi connectivity index (χ3n) is 0.951. The van der Waals surface area contributed by atoms with E-state index in [0.717, 1.165) is 0 Å². The van der Waals surface area contributed by atoms with Gasteiger partial charge in [0.1, 0.15) is 6.10 Å². The average Bonchev–Trinajstić information content (AvgIpc) is 1.99. The largest absolute Gasteiger partial charge is 0.389 e. The van der Waals surface area contributed by atoms with Crippen LogP contribution in [0.2, 0.25) is 0 Å². The summed E-state index contributed by atoms with van der Waals surface area (Å²) in [5.41, 5.74) is 0. The first-order valence-corrected chi connectivity index (χ1v) is 3.56. The van der Waals surface area contributed by atoms with E-state index in [2.05, 4.69) is 5.92 Å². The summed E-state index contributed by atoms with van der Waals surface area (Å²) in [6, 6.07) is 0. The highest BCUT2D eigenvalue weighted by atomic mass is 35.5. The molecule has 0 aliphatic carbocycles. The third kappa shape index (κ3) is 4.63. The first kappa shape index (κ1) is 9.77. The lowest BCUT2D eigenvalue weighted by atomic mass is 10.4. The van der Waals surface area contributed by atoms with E-state index in [-0.39, 0.29) is 18.6 Å². The maximum Gasteiger partial charge on any atom is 0.115 e. The topological polar surface area (TPSA) is 29.5 Å². The van der Waals surface area contributed by atoms with Crippen LogP contribution >= 0.6 is 11.6 Å². The molecule has 0 aromatic carbocycles. The van der Waals surface area contributed by atoms with Crippen molar-refractivity contribution in [3.63, 3.8) is 0 Å². The van der Waals surface area contributed by atoms with E-state index in [9.17, 15) is 0 Å². The Balaban J connectivity index is 3.28. The van der Waals surface area contributed by atoms with Crippen LogP contribution < -0.4 is 0 Å². The van der Waals surface area contributed by atoms with E-state index in [1.807, 2.05) is 0 Å². The van der Waals surface area contributed by atoms with Gasteiger partial charge in [-0.1, -0.05) is 5.92 Å². The molecule has 0 unspecified atom stereocenters. The summed E-state index contributed by atoms with van der Waals surface area (Å²) in [6.45, 7) is 1.94. The van der Waals surface area contributed by atoms with E-state index in [1.54, 1.807) is 6.92 Å². The zero-order valence-corrected chi connectivity index (χ0v) is 6.64. The second kappa shape index (κ2) is 5.55. The molecule has 0 heterocycles. The van der Waals surface area contributed by atoms with Crippen LogP contribution in [0.3, 0.4) is 0 Å². The molecule has 0 aliphatic heterocycles. The standard InChI is InChI=1S/C7H11ClO2/c1-3-6(2)10-5-7(9)4-8/h1,6-7,9H,4-5H2,2H3/t6-,7+/m1/s1. The average molecular weight is 163 g/mol. The van der Waals surface area contributed by atoms with Crippen LogP contribution in [-0.2, 0) is 4.74 Å². The maximum atomic E-state index is 8.88. The molecule has 0 fully saturated rings. The monoisotopic (exact) mass is 162 g/mol. The summed E-state index contributed by atoms with van der Waals surface area (Å²) in [6.07, 6.45) is 4.14.